The van der Waals surface area contributed by atoms with Gasteiger partial charge in [-0.05, 0) is 60.4 Å². The van der Waals surface area contributed by atoms with Gasteiger partial charge in [-0.25, -0.2) is 4.98 Å². The normalized spacial score (nSPS) is 17.4. The van der Waals surface area contributed by atoms with Crippen LogP contribution in [0, 0.1) is 18.8 Å². The fourth-order valence-corrected chi connectivity index (χ4v) is 6.46. The van der Waals surface area contributed by atoms with Crippen molar-refractivity contribution >= 4 is 39.8 Å². The van der Waals surface area contributed by atoms with E-state index >= 15 is 0 Å². The van der Waals surface area contributed by atoms with E-state index in [0.29, 0.717) is 29.6 Å². The minimum absolute atomic E-state index is 0.0824. The fourth-order valence-electron chi connectivity index (χ4n) is 5.73. The third-order valence-electron chi connectivity index (χ3n) is 7.88. The maximum absolute atomic E-state index is 13.4. The first kappa shape index (κ1) is 26.2. The number of amides is 1. The molecule has 7 nitrogen and oxygen atoms in total. The van der Waals surface area contributed by atoms with E-state index in [4.69, 9.17) is 9.40 Å². The lowest BCUT2D eigenvalue weighted by Gasteiger charge is -2.29. The first-order valence-corrected chi connectivity index (χ1v) is 14.7. The molecular formula is C32H32N4O3S. The minimum Gasteiger partial charge on any atom is -0.436 e. The predicted octanol–water partition coefficient (Wildman–Crippen LogP) is 8.01. The summed E-state index contributed by atoms with van der Waals surface area (Å²) in [5.41, 5.74) is 6.77. The Bertz CT molecular complexity index is 1680. The number of nitrogens with zero attached hydrogens (tertiary/aromatic N) is 2. The quantitative estimate of drug-likeness (QED) is 0.199. The summed E-state index contributed by atoms with van der Waals surface area (Å²) in [6.45, 7) is 6.32. The number of rotatable bonds is 7. The number of hydrogen-bond acceptors (Lipinski definition) is 6. The molecule has 0 radical (unpaired) electrons. The van der Waals surface area contributed by atoms with Gasteiger partial charge in [0.2, 0.25) is 11.8 Å². The van der Waals surface area contributed by atoms with E-state index in [1.54, 1.807) is 6.20 Å². The molecule has 204 valence electrons. The Morgan fingerprint density at radius 3 is 2.67 bits per heavy atom. The average Bonchev–Trinajstić information content (AvgIpc) is 3.74. The molecule has 2 N–H and O–H groups in total. The van der Waals surface area contributed by atoms with Crippen LogP contribution in [0.4, 0.5) is 5.69 Å². The molecule has 5 aromatic rings. The van der Waals surface area contributed by atoms with Crippen LogP contribution in [0.25, 0.3) is 33.8 Å². The van der Waals surface area contributed by atoms with E-state index < -0.39 is 0 Å². The molecule has 8 heteroatoms. The van der Waals surface area contributed by atoms with Gasteiger partial charge in [-0.15, -0.1) is 11.3 Å². The number of aryl methyl sites for hydroxylation is 1. The Balaban J connectivity index is 1.27. The zero-order valence-corrected chi connectivity index (χ0v) is 23.7. The van der Waals surface area contributed by atoms with Gasteiger partial charge in [0.25, 0.3) is 0 Å². The number of anilines is 1. The number of hydrogen-bond donors (Lipinski definition) is 2. The van der Waals surface area contributed by atoms with Crippen molar-refractivity contribution in [2.24, 2.45) is 11.8 Å². The number of carbonyl (C=O) groups is 2. The van der Waals surface area contributed by atoms with Gasteiger partial charge in [0.05, 0.1) is 10.4 Å². The molecule has 1 fully saturated rings. The SMILES string of the molecule is Cc1ccc(C(C)C)c2oc(-c3c[nH]nc3-c3cccc(NC(=O)C4CCCCC4C(=O)c4cccs4)c3)nc12. The molecular weight excluding hydrogens is 520 g/mol. The summed E-state index contributed by atoms with van der Waals surface area (Å²) in [5, 5.41) is 12.5. The van der Waals surface area contributed by atoms with Crippen LogP contribution in [-0.2, 0) is 4.79 Å². The Kier molecular flexibility index (Phi) is 7.11. The van der Waals surface area contributed by atoms with Crippen LogP contribution in [0.3, 0.4) is 0 Å². The number of ketones is 1. The van der Waals surface area contributed by atoms with Crippen LogP contribution in [0.15, 0.2) is 64.5 Å². The second kappa shape index (κ2) is 10.8. The Labute approximate surface area is 237 Å². The molecule has 0 spiro atoms. The van der Waals surface area contributed by atoms with Gasteiger partial charge in [-0.1, -0.05) is 57.0 Å². The number of benzene rings is 2. The Morgan fingerprint density at radius 1 is 1.07 bits per heavy atom. The van der Waals surface area contributed by atoms with Crippen molar-refractivity contribution in [3.63, 3.8) is 0 Å². The number of nitrogens with one attached hydrogen (secondary N) is 2. The van der Waals surface area contributed by atoms with Crippen LogP contribution in [0.2, 0.25) is 0 Å². The summed E-state index contributed by atoms with van der Waals surface area (Å²) in [6, 6.07) is 15.5. The van der Waals surface area contributed by atoms with Crippen molar-refractivity contribution in [1.82, 2.24) is 15.2 Å². The number of aromatic amines is 1. The van der Waals surface area contributed by atoms with Crippen molar-refractivity contribution in [3.8, 4) is 22.7 Å². The van der Waals surface area contributed by atoms with Gasteiger partial charge in [0.15, 0.2) is 11.4 Å². The molecule has 1 aliphatic carbocycles. The topological polar surface area (TPSA) is 101 Å². The number of aromatic nitrogens is 3. The predicted molar refractivity (Wildman–Crippen MR) is 159 cm³/mol. The van der Waals surface area contributed by atoms with Gasteiger partial charge in [-0.3, -0.25) is 14.7 Å². The number of fused-ring (bicyclic) bond motifs is 1. The van der Waals surface area contributed by atoms with Crippen molar-refractivity contribution < 1.29 is 14.0 Å². The van der Waals surface area contributed by atoms with Crippen LogP contribution >= 0.6 is 11.3 Å². The van der Waals surface area contributed by atoms with Crippen molar-refractivity contribution in [1.29, 1.82) is 0 Å². The summed E-state index contributed by atoms with van der Waals surface area (Å²) in [4.78, 5) is 32.2. The van der Waals surface area contributed by atoms with Crippen molar-refractivity contribution in [2.75, 3.05) is 5.32 Å². The van der Waals surface area contributed by atoms with E-state index in [-0.39, 0.29) is 23.5 Å². The lowest BCUT2D eigenvalue weighted by atomic mass is 9.76. The van der Waals surface area contributed by atoms with Gasteiger partial charge < -0.3 is 9.73 Å². The average molecular weight is 553 g/mol. The molecule has 2 unspecified atom stereocenters. The molecule has 0 aliphatic heterocycles. The third kappa shape index (κ3) is 4.88. The van der Waals surface area contributed by atoms with E-state index in [9.17, 15) is 9.59 Å². The largest absolute Gasteiger partial charge is 0.436 e. The van der Waals surface area contributed by atoms with Crippen molar-refractivity contribution in [2.45, 2.75) is 52.4 Å². The van der Waals surface area contributed by atoms with Crippen LogP contribution < -0.4 is 5.32 Å². The van der Waals surface area contributed by atoms with Gasteiger partial charge in [-0.2, -0.15) is 5.10 Å². The molecule has 1 saturated carbocycles. The fraction of sp³-hybridized carbons (Fsp3) is 0.312. The zero-order valence-electron chi connectivity index (χ0n) is 22.9. The van der Waals surface area contributed by atoms with Crippen LogP contribution in [-0.4, -0.2) is 26.9 Å². The highest BCUT2D eigenvalue weighted by atomic mass is 32.1. The highest BCUT2D eigenvalue weighted by Gasteiger charge is 2.36. The smallest absolute Gasteiger partial charge is 0.231 e. The second-order valence-corrected chi connectivity index (χ2v) is 11.8. The molecule has 2 aromatic carbocycles. The summed E-state index contributed by atoms with van der Waals surface area (Å²) in [6.07, 6.45) is 5.17. The minimum atomic E-state index is -0.342. The van der Waals surface area contributed by atoms with E-state index in [1.807, 2.05) is 48.7 Å². The Hall–Kier alpha value is -4.04. The molecule has 1 aliphatic rings. The van der Waals surface area contributed by atoms with E-state index in [0.717, 1.165) is 57.5 Å². The van der Waals surface area contributed by atoms with Gasteiger partial charge in [0, 0.05) is 29.3 Å². The molecule has 40 heavy (non-hydrogen) atoms. The number of thiophene rings is 1. The number of H-pyrrole nitrogens is 1. The first-order valence-electron chi connectivity index (χ1n) is 13.8. The zero-order chi connectivity index (χ0) is 27.8. The lowest BCUT2D eigenvalue weighted by Crippen LogP contribution is -2.36. The maximum Gasteiger partial charge on any atom is 0.231 e. The molecule has 0 bridgehead atoms. The second-order valence-electron chi connectivity index (χ2n) is 10.9. The van der Waals surface area contributed by atoms with E-state index in [2.05, 4.69) is 41.5 Å². The molecule has 1 amide bonds. The maximum atomic E-state index is 13.4. The Morgan fingerprint density at radius 2 is 1.90 bits per heavy atom. The highest BCUT2D eigenvalue weighted by Crippen LogP contribution is 2.37. The monoisotopic (exact) mass is 552 g/mol. The molecule has 6 rings (SSSR count). The lowest BCUT2D eigenvalue weighted by molar-refractivity contribution is -0.121. The summed E-state index contributed by atoms with van der Waals surface area (Å²) in [7, 11) is 0. The van der Waals surface area contributed by atoms with Crippen LogP contribution in [0.5, 0.6) is 0 Å². The number of Topliss-reactive ketones (excluding diaryl/α,β-unsaturated/α-hetero) is 1. The molecule has 0 saturated heterocycles. The third-order valence-corrected chi connectivity index (χ3v) is 8.76. The number of oxazole rings is 1. The van der Waals surface area contributed by atoms with Gasteiger partial charge >= 0.3 is 0 Å². The number of carbonyl (C=O) groups excluding carboxylic acids is 2. The standard InChI is InChI=1S/C32H32N4O3S/c1-18(2)22-14-13-19(3)27-30(22)39-32(35-27)25-17-33-36-28(25)20-8-6-9-21(16-20)34-31(38)24-11-5-4-10-23(24)29(37)26-12-7-15-40-26/h6-9,12-18,23-24H,4-5,10-11H2,1-3H3,(H,33,36)(H,34,38). The van der Waals surface area contributed by atoms with E-state index in [1.165, 1.54) is 11.3 Å². The highest BCUT2D eigenvalue weighted by molar-refractivity contribution is 7.12. The first-order chi connectivity index (χ1) is 19.4. The van der Waals surface area contributed by atoms with Gasteiger partial charge in [0.1, 0.15) is 11.2 Å². The molecule has 3 heterocycles. The van der Waals surface area contributed by atoms with Crippen LogP contribution in [0.1, 0.15) is 66.2 Å². The molecule has 3 aromatic heterocycles. The summed E-state index contributed by atoms with van der Waals surface area (Å²) < 4.78 is 6.31. The molecule has 2 atom stereocenters. The summed E-state index contributed by atoms with van der Waals surface area (Å²) >= 11 is 1.44. The van der Waals surface area contributed by atoms with Crippen molar-refractivity contribution in [3.05, 3.63) is 76.1 Å². The summed E-state index contributed by atoms with van der Waals surface area (Å²) in [5.74, 6) is 0.153.